The molecule has 38 heavy (non-hydrogen) atoms. The molecule has 2 amide bonds. The highest BCUT2D eigenvalue weighted by Gasteiger charge is 2.39. The smallest absolute Gasteiger partial charge is 0.251 e. The maximum absolute atomic E-state index is 14.3. The van der Waals surface area contributed by atoms with Gasteiger partial charge >= 0.3 is 0 Å². The van der Waals surface area contributed by atoms with E-state index in [1.54, 1.807) is 48.4 Å². The predicted octanol–water partition coefficient (Wildman–Crippen LogP) is 6.31. The van der Waals surface area contributed by atoms with Crippen LogP contribution in [0.2, 0.25) is 5.02 Å². The zero-order valence-corrected chi connectivity index (χ0v) is 21.6. The van der Waals surface area contributed by atoms with Crippen molar-refractivity contribution in [1.82, 2.24) is 10.2 Å². The topological polar surface area (TPSA) is 58.6 Å². The summed E-state index contributed by atoms with van der Waals surface area (Å²) in [4.78, 5) is 29.3. The van der Waals surface area contributed by atoms with Crippen molar-refractivity contribution in [3.05, 3.63) is 143 Å². The van der Waals surface area contributed by atoms with Gasteiger partial charge in [0.25, 0.3) is 11.8 Å². The van der Waals surface area contributed by atoms with Crippen molar-refractivity contribution in [3.63, 3.8) is 0 Å². The molecule has 0 unspecified atom stereocenters. The van der Waals surface area contributed by atoms with Gasteiger partial charge in [0.05, 0.1) is 13.7 Å². The minimum Gasteiger partial charge on any atom is -0.497 e. The lowest BCUT2D eigenvalue weighted by Gasteiger charge is -2.38. The average Bonchev–Trinajstić information content (AvgIpc) is 2.97. The van der Waals surface area contributed by atoms with Gasteiger partial charge < -0.3 is 15.0 Å². The van der Waals surface area contributed by atoms with Gasteiger partial charge in [0.1, 0.15) is 11.8 Å². The molecule has 1 heterocycles. The van der Waals surface area contributed by atoms with Crippen LogP contribution in [0.5, 0.6) is 5.75 Å². The Balaban J connectivity index is 1.61. The van der Waals surface area contributed by atoms with Gasteiger partial charge in [-0.3, -0.25) is 9.59 Å². The molecule has 1 aliphatic rings. The first-order valence-corrected chi connectivity index (χ1v) is 12.7. The van der Waals surface area contributed by atoms with Crippen LogP contribution in [0.3, 0.4) is 0 Å². The van der Waals surface area contributed by atoms with Crippen LogP contribution < -0.4 is 10.1 Å². The van der Waals surface area contributed by atoms with E-state index in [4.69, 9.17) is 16.3 Å². The van der Waals surface area contributed by atoms with Crippen LogP contribution in [0.4, 0.5) is 0 Å². The van der Waals surface area contributed by atoms with Crippen molar-refractivity contribution in [2.75, 3.05) is 7.11 Å². The molecule has 2 atom stereocenters. The molecule has 190 valence electrons. The van der Waals surface area contributed by atoms with Gasteiger partial charge in [0, 0.05) is 22.2 Å². The summed E-state index contributed by atoms with van der Waals surface area (Å²) in [6.45, 7) is 0.364. The number of benzene rings is 4. The molecular weight excluding hydrogens is 496 g/mol. The Hall–Kier alpha value is -4.35. The Bertz CT molecular complexity index is 1440. The second kappa shape index (κ2) is 11.4. The van der Waals surface area contributed by atoms with Gasteiger partial charge in [0.15, 0.2) is 0 Å². The number of amides is 2. The van der Waals surface area contributed by atoms with E-state index in [1.165, 1.54) is 0 Å². The van der Waals surface area contributed by atoms with E-state index in [2.05, 4.69) is 11.4 Å². The summed E-state index contributed by atoms with van der Waals surface area (Å²) in [5, 5.41) is 3.63. The van der Waals surface area contributed by atoms with Crippen LogP contribution in [-0.2, 0) is 11.3 Å². The van der Waals surface area contributed by atoms with Crippen molar-refractivity contribution < 1.29 is 14.3 Å². The summed E-state index contributed by atoms with van der Waals surface area (Å²) < 4.78 is 5.34. The van der Waals surface area contributed by atoms with Crippen molar-refractivity contribution in [3.8, 4) is 5.75 Å². The maximum Gasteiger partial charge on any atom is 0.251 e. The Labute approximate surface area is 227 Å². The second-order valence-electron chi connectivity index (χ2n) is 9.08. The lowest BCUT2D eigenvalue weighted by Crippen LogP contribution is -2.53. The number of carbonyl (C=O) groups excluding carboxylic acids is 2. The van der Waals surface area contributed by atoms with Gasteiger partial charge in [0.2, 0.25) is 0 Å². The minimum atomic E-state index is -0.811. The molecule has 0 spiro atoms. The van der Waals surface area contributed by atoms with Gasteiger partial charge in [-0.05, 0) is 71.3 Å². The lowest BCUT2D eigenvalue weighted by atomic mass is 9.85. The number of nitrogens with zero attached hydrogens (tertiary/aromatic N) is 1. The van der Waals surface area contributed by atoms with Crippen LogP contribution in [0.1, 0.15) is 33.0 Å². The summed E-state index contributed by atoms with van der Waals surface area (Å²) >= 11 is 6.17. The number of hydrogen-bond donors (Lipinski definition) is 1. The molecule has 0 fully saturated rings. The molecule has 6 heteroatoms. The van der Waals surface area contributed by atoms with Gasteiger partial charge in [-0.15, -0.1) is 0 Å². The number of hydrogen-bond acceptors (Lipinski definition) is 3. The molecule has 4 aromatic carbocycles. The first kappa shape index (κ1) is 25.3. The van der Waals surface area contributed by atoms with E-state index in [1.807, 2.05) is 72.8 Å². The van der Waals surface area contributed by atoms with Crippen LogP contribution in [0.25, 0.3) is 5.70 Å². The Morgan fingerprint density at radius 1 is 0.868 bits per heavy atom. The molecule has 0 aliphatic carbocycles. The van der Waals surface area contributed by atoms with Crippen LogP contribution in [0.15, 0.2) is 115 Å². The fourth-order valence-corrected chi connectivity index (χ4v) is 4.80. The molecule has 0 radical (unpaired) electrons. The van der Waals surface area contributed by atoms with Gasteiger partial charge in [-0.1, -0.05) is 72.3 Å². The average molecular weight is 523 g/mol. The first-order valence-electron chi connectivity index (χ1n) is 12.4. The molecule has 1 aliphatic heterocycles. The minimum absolute atomic E-state index is 0.189. The SMILES string of the molecule is COc1ccc(C2=C[C@H](c3ccc(Cl)cc3)[C@@H](NC(=O)c3ccccc3)C(=O)N2Cc2ccccc2)cc1. The Morgan fingerprint density at radius 3 is 2.13 bits per heavy atom. The van der Waals surface area contributed by atoms with Crippen LogP contribution in [-0.4, -0.2) is 29.9 Å². The first-order chi connectivity index (χ1) is 18.5. The molecular formula is C32H27ClN2O3. The van der Waals surface area contributed by atoms with Crippen molar-refractivity contribution in [2.45, 2.75) is 18.5 Å². The van der Waals surface area contributed by atoms with E-state index in [9.17, 15) is 9.59 Å². The van der Waals surface area contributed by atoms with E-state index >= 15 is 0 Å². The molecule has 0 saturated heterocycles. The normalized spacial score (nSPS) is 17.1. The monoisotopic (exact) mass is 522 g/mol. The number of methoxy groups -OCH3 is 1. The fraction of sp³-hybridized carbons (Fsp3) is 0.125. The van der Waals surface area contributed by atoms with E-state index in [-0.39, 0.29) is 11.8 Å². The number of ether oxygens (including phenoxy) is 1. The number of halogens is 1. The highest BCUT2D eigenvalue weighted by molar-refractivity contribution is 6.30. The Morgan fingerprint density at radius 2 is 1.50 bits per heavy atom. The van der Waals surface area contributed by atoms with Crippen LogP contribution in [0, 0.1) is 0 Å². The highest BCUT2D eigenvalue weighted by Crippen LogP contribution is 2.36. The van der Waals surface area contributed by atoms with Gasteiger partial charge in [-0.25, -0.2) is 0 Å². The standard InChI is InChI=1S/C32H27ClN2O3/c1-38-27-18-14-24(15-19-27)29-20-28(23-12-16-26(33)17-13-23)30(34-31(36)25-10-6-3-7-11-25)32(37)35(29)21-22-8-4-2-5-9-22/h2-20,28,30H,21H2,1H3,(H,34,36)/t28-,30-/m1/s1. The quantitative estimate of drug-likeness (QED) is 0.309. The highest BCUT2D eigenvalue weighted by atomic mass is 35.5. The Kier molecular flexibility index (Phi) is 7.57. The van der Waals surface area contributed by atoms with Crippen molar-refractivity contribution in [2.24, 2.45) is 0 Å². The number of nitrogens with one attached hydrogen (secondary N) is 1. The predicted molar refractivity (Wildman–Crippen MR) is 150 cm³/mol. The molecule has 4 aromatic rings. The summed E-state index contributed by atoms with van der Waals surface area (Å²) in [5.74, 6) is -0.167. The lowest BCUT2D eigenvalue weighted by molar-refractivity contribution is -0.131. The second-order valence-corrected chi connectivity index (χ2v) is 9.52. The molecule has 5 nitrogen and oxygen atoms in total. The fourth-order valence-electron chi connectivity index (χ4n) is 4.68. The summed E-state index contributed by atoms with van der Waals surface area (Å²) in [6.07, 6.45) is 2.06. The summed E-state index contributed by atoms with van der Waals surface area (Å²) in [5.41, 5.74) is 4.01. The zero-order chi connectivity index (χ0) is 26.5. The van der Waals surface area contributed by atoms with Gasteiger partial charge in [-0.2, -0.15) is 0 Å². The van der Waals surface area contributed by atoms with E-state index in [0.29, 0.717) is 17.1 Å². The number of rotatable bonds is 7. The third kappa shape index (κ3) is 5.48. The van der Waals surface area contributed by atoms with Crippen molar-refractivity contribution >= 4 is 29.1 Å². The zero-order valence-electron chi connectivity index (χ0n) is 20.9. The third-order valence-electron chi connectivity index (χ3n) is 6.67. The summed E-state index contributed by atoms with van der Waals surface area (Å²) in [7, 11) is 1.62. The van der Waals surface area contributed by atoms with Crippen molar-refractivity contribution in [1.29, 1.82) is 0 Å². The molecule has 0 aromatic heterocycles. The van der Waals surface area contributed by atoms with E-state index < -0.39 is 12.0 Å². The largest absolute Gasteiger partial charge is 0.497 e. The molecule has 5 rings (SSSR count). The molecule has 1 N–H and O–H groups in total. The number of carbonyl (C=O) groups is 2. The molecule has 0 saturated carbocycles. The van der Waals surface area contributed by atoms with Crippen LogP contribution >= 0.6 is 11.6 Å². The maximum atomic E-state index is 14.3. The molecule has 0 bridgehead atoms. The summed E-state index contributed by atoms with van der Waals surface area (Å²) in [6, 6.07) is 33.0. The van der Waals surface area contributed by atoms with E-state index in [0.717, 1.165) is 28.1 Å². The third-order valence-corrected chi connectivity index (χ3v) is 6.92.